The second-order valence-corrected chi connectivity index (χ2v) is 10.2. The van der Waals surface area contributed by atoms with Gasteiger partial charge in [-0.1, -0.05) is 30.3 Å². The fraction of sp³-hybridized carbons (Fsp3) is 0.556. The van der Waals surface area contributed by atoms with Crippen LogP contribution in [-0.2, 0) is 10.0 Å². The summed E-state index contributed by atoms with van der Waals surface area (Å²) in [5, 5.41) is 7.39. The van der Waals surface area contributed by atoms with Crippen LogP contribution in [0.25, 0.3) is 11.4 Å². The van der Waals surface area contributed by atoms with Gasteiger partial charge in [0.25, 0.3) is 0 Å². The average Bonchev–Trinajstić information content (AvgIpc) is 3.05. The third-order valence-corrected chi connectivity index (χ3v) is 7.03. The van der Waals surface area contributed by atoms with Crippen LogP contribution in [0.15, 0.2) is 30.3 Å². The fourth-order valence-corrected chi connectivity index (χ4v) is 4.08. The summed E-state index contributed by atoms with van der Waals surface area (Å²) in [6.45, 7) is 5.17. The molecule has 0 bridgehead atoms. The van der Waals surface area contributed by atoms with Crippen LogP contribution in [-0.4, -0.2) is 34.4 Å². The zero-order valence-corrected chi connectivity index (χ0v) is 15.8. The lowest BCUT2D eigenvalue weighted by atomic mass is 9.86. The molecule has 2 aromatic rings. The molecule has 1 aliphatic carbocycles. The first kappa shape index (κ1) is 18.1. The lowest BCUT2D eigenvalue weighted by molar-refractivity contribution is 0.363. The molecule has 2 N–H and O–H groups in total. The summed E-state index contributed by atoms with van der Waals surface area (Å²) in [5.41, 5.74) is 0.997. The third kappa shape index (κ3) is 4.10. The number of hydrogen-bond acceptors (Lipinski definition) is 4. The van der Waals surface area contributed by atoms with Gasteiger partial charge < -0.3 is 0 Å². The van der Waals surface area contributed by atoms with Crippen LogP contribution in [0.1, 0.15) is 58.2 Å². The van der Waals surface area contributed by atoms with Gasteiger partial charge in [-0.2, -0.15) is 5.10 Å². The van der Waals surface area contributed by atoms with Crippen molar-refractivity contribution in [3.8, 4) is 11.4 Å². The van der Waals surface area contributed by atoms with E-state index in [1.54, 1.807) is 20.8 Å². The molecule has 0 spiro atoms. The predicted molar refractivity (Wildman–Crippen MR) is 98.6 cm³/mol. The SMILES string of the molecule is CC(C)(C)S(=O)(=O)NC1CCC(c2nc(-c3ccccc3)n[nH]2)CC1. The number of hydrogen-bond donors (Lipinski definition) is 2. The van der Waals surface area contributed by atoms with Crippen LogP contribution in [0, 0.1) is 0 Å². The van der Waals surface area contributed by atoms with E-state index in [9.17, 15) is 8.42 Å². The highest BCUT2D eigenvalue weighted by Crippen LogP contribution is 2.32. The summed E-state index contributed by atoms with van der Waals surface area (Å²) in [6, 6.07) is 9.90. The van der Waals surface area contributed by atoms with Crippen LogP contribution >= 0.6 is 0 Å². The van der Waals surface area contributed by atoms with Crippen LogP contribution in [0.3, 0.4) is 0 Å². The normalized spacial score (nSPS) is 22.0. The van der Waals surface area contributed by atoms with E-state index < -0.39 is 14.8 Å². The van der Waals surface area contributed by atoms with E-state index in [1.807, 2.05) is 30.3 Å². The number of H-pyrrole nitrogens is 1. The van der Waals surface area contributed by atoms with Crippen molar-refractivity contribution in [2.45, 2.75) is 63.2 Å². The highest BCUT2D eigenvalue weighted by Gasteiger charge is 2.33. The minimum atomic E-state index is -3.30. The van der Waals surface area contributed by atoms with Gasteiger partial charge in [-0.25, -0.2) is 18.1 Å². The highest BCUT2D eigenvalue weighted by molar-refractivity contribution is 7.90. The van der Waals surface area contributed by atoms with Gasteiger partial charge in [0.2, 0.25) is 10.0 Å². The molecule has 1 saturated carbocycles. The summed E-state index contributed by atoms with van der Waals surface area (Å²) in [5.74, 6) is 1.92. The molecule has 3 rings (SSSR count). The highest BCUT2D eigenvalue weighted by atomic mass is 32.2. The molecule has 0 saturated heterocycles. The Kier molecular flexibility index (Phi) is 4.97. The van der Waals surface area contributed by atoms with Gasteiger partial charge in [0.15, 0.2) is 5.82 Å². The van der Waals surface area contributed by atoms with Crippen LogP contribution in [0.2, 0.25) is 0 Å². The smallest absolute Gasteiger partial charge is 0.216 e. The van der Waals surface area contributed by atoms with Gasteiger partial charge in [-0.3, -0.25) is 5.10 Å². The largest absolute Gasteiger partial charge is 0.262 e. The molecule has 0 aliphatic heterocycles. The van der Waals surface area contributed by atoms with Crippen molar-refractivity contribution in [2.24, 2.45) is 0 Å². The van der Waals surface area contributed by atoms with Gasteiger partial charge in [0, 0.05) is 17.5 Å². The Labute approximate surface area is 149 Å². The number of benzene rings is 1. The van der Waals surface area contributed by atoms with Crippen molar-refractivity contribution < 1.29 is 8.42 Å². The molecule has 0 atom stereocenters. The maximum Gasteiger partial charge on any atom is 0.216 e. The van der Waals surface area contributed by atoms with Crippen molar-refractivity contribution >= 4 is 10.0 Å². The quantitative estimate of drug-likeness (QED) is 0.874. The topological polar surface area (TPSA) is 87.7 Å². The number of nitrogens with zero attached hydrogens (tertiary/aromatic N) is 2. The van der Waals surface area contributed by atoms with E-state index in [-0.39, 0.29) is 6.04 Å². The van der Waals surface area contributed by atoms with Crippen molar-refractivity contribution in [2.75, 3.05) is 0 Å². The van der Waals surface area contributed by atoms with Gasteiger partial charge >= 0.3 is 0 Å². The number of sulfonamides is 1. The molecule has 1 aromatic carbocycles. The lowest BCUT2D eigenvalue weighted by Gasteiger charge is -2.30. The van der Waals surface area contributed by atoms with Crippen LogP contribution in [0.4, 0.5) is 0 Å². The Morgan fingerprint density at radius 2 is 1.72 bits per heavy atom. The minimum absolute atomic E-state index is 0.0111. The molecule has 7 heteroatoms. The van der Waals surface area contributed by atoms with Crippen molar-refractivity contribution in [1.29, 1.82) is 0 Å². The first-order valence-corrected chi connectivity index (χ1v) is 10.2. The second-order valence-electron chi connectivity index (χ2n) is 7.69. The Morgan fingerprint density at radius 3 is 2.32 bits per heavy atom. The third-order valence-electron chi connectivity index (χ3n) is 4.78. The van der Waals surface area contributed by atoms with Gasteiger partial charge in [0.1, 0.15) is 5.82 Å². The average molecular weight is 362 g/mol. The monoisotopic (exact) mass is 362 g/mol. The van der Waals surface area contributed by atoms with Crippen molar-refractivity contribution in [3.63, 3.8) is 0 Å². The molecule has 0 radical (unpaired) electrons. The first-order valence-electron chi connectivity index (χ1n) is 8.76. The zero-order chi connectivity index (χ0) is 18.1. The van der Waals surface area contributed by atoms with E-state index in [0.29, 0.717) is 11.7 Å². The van der Waals surface area contributed by atoms with E-state index >= 15 is 0 Å². The number of aromatic amines is 1. The Morgan fingerprint density at radius 1 is 1.08 bits per heavy atom. The molecule has 1 aromatic heterocycles. The van der Waals surface area contributed by atoms with Crippen molar-refractivity contribution in [3.05, 3.63) is 36.2 Å². The predicted octanol–water partition coefficient (Wildman–Crippen LogP) is 3.22. The molecule has 1 fully saturated rings. The Bertz CT molecular complexity index is 801. The minimum Gasteiger partial charge on any atom is -0.262 e. The van der Waals surface area contributed by atoms with E-state index in [1.165, 1.54) is 0 Å². The van der Waals surface area contributed by atoms with Gasteiger partial charge in [0.05, 0.1) is 4.75 Å². The summed E-state index contributed by atoms with van der Waals surface area (Å²) >= 11 is 0. The Hall–Kier alpha value is -1.73. The summed E-state index contributed by atoms with van der Waals surface area (Å²) < 4.78 is 26.7. The molecule has 1 aliphatic rings. The fourth-order valence-electron chi connectivity index (χ4n) is 3.05. The molecular weight excluding hydrogens is 336 g/mol. The summed E-state index contributed by atoms with van der Waals surface area (Å²) in [6.07, 6.45) is 3.45. The van der Waals surface area contributed by atoms with Crippen LogP contribution < -0.4 is 4.72 Å². The number of nitrogens with one attached hydrogen (secondary N) is 2. The number of rotatable bonds is 4. The molecular formula is C18H26N4O2S. The molecule has 1 heterocycles. The molecule has 0 amide bonds. The molecule has 25 heavy (non-hydrogen) atoms. The van der Waals surface area contributed by atoms with Gasteiger partial charge in [-0.05, 0) is 46.5 Å². The Balaban J connectivity index is 1.61. The standard InChI is InChI=1S/C18H26N4O2S/c1-18(2,3)25(23,24)22-15-11-9-14(10-12-15)17-19-16(20-21-17)13-7-5-4-6-8-13/h4-8,14-15,22H,9-12H2,1-3H3,(H,19,20,21). The van der Waals surface area contributed by atoms with Gasteiger partial charge in [-0.15, -0.1) is 0 Å². The van der Waals surface area contributed by atoms with E-state index in [2.05, 4.69) is 19.9 Å². The zero-order valence-electron chi connectivity index (χ0n) is 15.0. The molecule has 0 unspecified atom stereocenters. The summed E-state index contributed by atoms with van der Waals surface area (Å²) in [7, 11) is -3.30. The van der Waals surface area contributed by atoms with E-state index in [4.69, 9.17) is 0 Å². The molecule has 6 nitrogen and oxygen atoms in total. The first-order chi connectivity index (χ1) is 11.8. The van der Waals surface area contributed by atoms with Crippen LogP contribution in [0.5, 0.6) is 0 Å². The van der Waals surface area contributed by atoms with Crippen molar-refractivity contribution in [1.82, 2.24) is 19.9 Å². The second kappa shape index (κ2) is 6.88. The molecule has 136 valence electrons. The lowest BCUT2D eigenvalue weighted by Crippen LogP contribution is -2.45. The number of aromatic nitrogens is 3. The van der Waals surface area contributed by atoms with E-state index in [0.717, 1.165) is 37.1 Å². The summed E-state index contributed by atoms with van der Waals surface area (Å²) in [4.78, 5) is 4.64. The maximum atomic E-state index is 12.3. The maximum absolute atomic E-state index is 12.3.